The topological polar surface area (TPSA) is 49.4 Å². The van der Waals surface area contributed by atoms with E-state index >= 15 is 0 Å². The van der Waals surface area contributed by atoms with E-state index in [1.807, 2.05) is 25.1 Å². The van der Waals surface area contributed by atoms with Crippen LogP contribution in [-0.4, -0.2) is 28.8 Å². The van der Waals surface area contributed by atoms with Crippen molar-refractivity contribution in [2.75, 3.05) is 0 Å². The van der Waals surface area contributed by atoms with Crippen LogP contribution in [0.15, 0.2) is 48.5 Å². The van der Waals surface area contributed by atoms with Gasteiger partial charge in [0.2, 0.25) is 11.8 Å². The molecule has 0 saturated heterocycles. The van der Waals surface area contributed by atoms with Crippen molar-refractivity contribution in [1.82, 2.24) is 10.2 Å². The number of nitrogens with one attached hydrogen (secondary N) is 1. The molecule has 2 aromatic rings. The molecule has 1 atom stereocenters. The zero-order valence-electron chi connectivity index (χ0n) is 17.2. The number of carbonyl (C=O) groups excluding carboxylic acids is 2. The lowest BCUT2D eigenvalue weighted by Crippen LogP contribution is -2.51. The van der Waals surface area contributed by atoms with Crippen molar-refractivity contribution in [1.29, 1.82) is 0 Å². The van der Waals surface area contributed by atoms with Crippen molar-refractivity contribution in [3.63, 3.8) is 0 Å². The molecule has 2 amide bonds. The van der Waals surface area contributed by atoms with E-state index in [0.29, 0.717) is 11.4 Å². The van der Waals surface area contributed by atoms with Crippen molar-refractivity contribution in [2.45, 2.75) is 64.1 Å². The third-order valence-electron chi connectivity index (χ3n) is 5.65. The zero-order chi connectivity index (χ0) is 21.5. The molecule has 0 radical (unpaired) electrons. The Balaban J connectivity index is 1.82. The van der Waals surface area contributed by atoms with Crippen LogP contribution < -0.4 is 5.32 Å². The third-order valence-corrected chi connectivity index (χ3v) is 6.02. The molecule has 0 bridgehead atoms. The summed E-state index contributed by atoms with van der Waals surface area (Å²) in [6.45, 7) is 2.14. The molecule has 0 heterocycles. The molecule has 1 fully saturated rings. The lowest BCUT2D eigenvalue weighted by Gasteiger charge is -2.31. The summed E-state index contributed by atoms with van der Waals surface area (Å²) in [6.07, 6.45) is 4.79. The summed E-state index contributed by atoms with van der Waals surface area (Å²) >= 11 is 6.25. The maximum Gasteiger partial charge on any atom is 0.243 e. The van der Waals surface area contributed by atoms with E-state index in [9.17, 15) is 14.0 Å². The highest BCUT2D eigenvalue weighted by Gasteiger charge is 2.30. The van der Waals surface area contributed by atoms with E-state index in [0.717, 1.165) is 36.8 Å². The van der Waals surface area contributed by atoms with E-state index in [1.54, 1.807) is 23.1 Å². The zero-order valence-corrected chi connectivity index (χ0v) is 18.0. The summed E-state index contributed by atoms with van der Waals surface area (Å²) in [5, 5.41) is 3.64. The van der Waals surface area contributed by atoms with Crippen molar-refractivity contribution >= 4 is 23.4 Å². The molecule has 0 aliphatic heterocycles. The molecule has 30 heavy (non-hydrogen) atoms. The fourth-order valence-electron chi connectivity index (χ4n) is 3.98. The minimum Gasteiger partial charge on any atom is -0.352 e. The number of hydrogen-bond donors (Lipinski definition) is 1. The Labute approximate surface area is 182 Å². The molecule has 1 saturated carbocycles. The first-order chi connectivity index (χ1) is 14.5. The molecule has 0 unspecified atom stereocenters. The van der Waals surface area contributed by atoms with E-state index in [-0.39, 0.29) is 36.6 Å². The first kappa shape index (κ1) is 22.3. The van der Waals surface area contributed by atoms with Gasteiger partial charge in [-0.1, -0.05) is 61.7 Å². The van der Waals surface area contributed by atoms with Gasteiger partial charge in [0.05, 0.1) is 6.42 Å². The molecule has 4 nitrogen and oxygen atoms in total. The number of hydrogen-bond acceptors (Lipinski definition) is 2. The molecule has 1 N–H and O–H groups in total. The monoisotopic (exact) mass is 430 g/mol. The Morgan fingerprint density at radius 3 is 2.43 bits per heavy atom. The second-order valence-corrected chi connectivity index (χ2v) is 8.24. The van der Waals surface area contributed by atoms with E-state index < -0.39 is 6.04 Å². The summed E-state index contributed by atoms with van der Waals surface area (Å²) in [5.74, 6) is -0.640. The minimum absolute atomic E-state index is 0.105. The van der Waals surface area contributed by atoms with E-state index in [4.69, 9.17) is 11.6 Å². The van der Waals surface area contributed by atoms with Gasteiger partial charge in [-0.2, -0.15) is 0 Å². The van der Waals surface area contributed by atoms with Gasteiger partial charge in [0.1, 0.15) is 11.9 Å². The van der Waals surface area contributed by atoms with Crippen LogP contribution in [0, 0.1) is 5.82 Å². The van der Waals surface area contributed by atoms with Crippen LogP contribution in [0.25, 0.3) is 0 Å². The van der Waals surface area contributed by atoms with Crippen molar-refractivity contribution in [3.05, 3.63) is 70.5 Å². The molecule has 6 heteroatoms. The molecule has 3 rings (SSSR count). The molecule has 0 aromatic heterocycles. The smallest absolute Gasteiger partial charge is 0.243 e. The predicted molar refractivity (Wildman–Crippen MR) is 117 cm³/mol. The largest absolute Gasteiger partial charge is 0.352 e. The SMILES string of the molecule is CC[C@H](C(=O)NC1CCCC1)N(Cc1ccc(F)cc1)C(=O)Cc1ccccc1Cl. The normalized spacial score (nSPS) is 15.0. The van der Waals surface area contributed by atoms with Crippen molar-refractivity contribution in [3.8, 4) is 0 Å². The van der Waals surface area contributed by atoms with Crippen LogP contribution in [0.4, 0.5) is 4.39 Å². The summed E-state index contributed by atoms with van der Waals surface area (Å²) in [4.78, 5) is 27.9. The maximum atomic E-state index is 13.3. The summed E-state index contributed by atoms with van der Waals surface area (Å²) in [7, 11) is 0. The molecular formula is C24H28ClFN2O2. The van der Waals surface area contributed by atoms with Crippen LogP contribution in [0.3, 0.4) is 0 Å². The van der Waals surface area contributed by atoms with Gasteiger partial charge in [-0.15, -0.1) is 0 Å². The minimum atomic E-state index is -0.592. The van der Waals surface area contributed by atoms with Crippen LogP contribution in [-0.2, 0) is 22.6 Å². The lowest BCUT2D eigenvalue weighted by molar-refractivity contribution is -0.141. The Hall–Kier alpha value is -2.40. The van der Waals surface area contributed by atoms with Gasteiger partial charge in [-0.25, -0.2) is 4.39 Å². The van der Waals surface area contributed by atoms with E-state index in [1.165, 1.54) is 12.1 Å². The lowest BCUT2D eigenvalue weighted by atomic mass is 10.1. The van der Waals surface area contributed by atoms with Crippen LogP contribution in [0.5, 0.6) is 0 Å². The quantitative estimate of drug-likeness (QED) is 0.648. The number of benzene rings is 2. The first-order valence-corrected chi connectivity index (χ1v) is 10.9. The molecule has 1 aliphatic carbocycles. The van der Waals surface area contributed by atoms with Crippen LogP contribution in [0.2, 0.25) is 5.02 Å². The fraction of sp³-hybridized carbons (Fsp3) is 0.417. The number of carbonyl (C=O) groups is 2. The number of rotatable bonds is 8. The van der Waals surface area contributed by atoms with Crippen LogP contribution >= 0.6 is 11.6 Å². The molecule has 0 spiro atoms. The summed E-state index contributed by atoms with van der Waals surface area (Å²) in [6, 6.07) is 12.8. The van der Waals surface area contributed by atoms with E-state index in [2.05, 4.69) is 5.32 Å². The highest BCUT2D eigenvalue weighted by atomic mass is 35.5. The van der Waals surface area contributed by atoms with Gasteiger partial charge in [0, 0.05) is 17.6 Å². The maximum absolute atomic E-state index is 13.3. The number of halogens is 2. The molecule has 160 valence electrons. The van der Waals surface area contributed by atoms with Gasteiger partial charge >= 0.3 is 0 Å². The molecular weight excluding hydrogens is 403 g/mol. The van der Waals surface area contributed by atoms with Crippen LogP contribution in [0.1, 0.15) is 50.2 Å². The fourth-order valence-corrected chi connectivity index (χ4v) is 4.18. The third kappa shape index (κ3) is 5.82. The summed E-state index contributed by atoms with van der Waals surface area (Å²) < 4.78 is 13.3. The number of nitrogens with zero attached hydrogens (tertiary/aromatic N) is 1. The molecule has 2 aromatic carbocycles. The molecule has 1 aliphatic rings. The highest BCUT2D eigenvalue weighted by Crippen LogP contribution is 2.21. The van der Waals surface area contributed by atoms with Crippen molar-refractivity contribution in [2.24, 2.45) is 0 Å². The average Bonchev–Trinajstić information content (AvgIpc) is 3.24. The van der Waals surface area contributed by atoms with Gasteiger partial charge in [0.25, 0.3) is 0 Å². The predicted octanol–water partition coefficient (Wildman–Crippen LogP) is 4.89. The Kier molecular flexibility index (Phi) is 7.86. The Morgan fingerprint density at radius 2 is 1.80 bits per heavy atom. The highest BCUT2D eigenvalue weighted by molar-refractivity contribution is 6.31. The second-order valence-electron chi connectivity index (χ2n) is 7.83. The summed E-state index contributed by atoms with van der Waals surface area (Å²) in [5.41, 5.74) is 1.50. The van der Waals surface area contributed by atoms with Gasteiger partial charge in [-0.3, -0.25) is 9.59 Å². The van der Waals surface area contributed by atoms with Gasteiger partial charge < -0.3 is 10.2 Å². The number of amides is 2. The second kappa shape index (κ2) is 10.6. The Morgan fingerprint density at radius 1 is 1.13 bits per heavy atom. The standard InChI is InChI=1S/C24H28ClFN2O2/c1-2-22(24(30)27-20-8-4-5-9-20)28(16-17-11-13-19(26)14-12-17)23(29)15-18-7-3-6-10-21(18)25/h3,6-7,10-14,20,22H,2,4-5,8-9,15-16H2,1H3,(H,27,30)/t22-/m1/s1. The van der Waals surface area contributed by atoms with Crippen molar-refractivity contribution < 1.29 is 14.0 Å². The first-order valence-electron chi connectivity index (χ1n) is 10.6. The Bertz CT molecular complexity index is 866. The van der Waals surface area contributed by atoms with Gasteiger partial charge in [0.15, 0.2) is 0 Å². The average molecular weight is 431 g/mol. The van der Waals surface area contributed by atoms with Gasteiger partial charge in [-0.05, 0) is 48.6 Å².